The molecule has 146 valence electrons. The minimum absolute atomic E-state index is 0.0332. The zero-order valence-corrected chi connectivity index (χ0v) is 15.5. The fourth-order valence-electron chi connectivity index (χ4n) is 2.79. The van der Waals surface area contributed by atoms with Gasteiger partial charge in [0, 0.05) is 38.1 Å². The van der Waals surface area contributed by atoms with E-state index < -0.39 is 4.92 Å². The number of anilines is 1. The number of nitriles is 1. The number of hydrogen-bond acceptors (Lipinski definition) is 6. The lowest BCUT2D eigenvalue weighted by Crippen LogP contribution is -2.26. The SMILES string of the molecule is N#Cc1cc(C=Cc2ccc(N(CCCO)CCCO)cc2)ccc1[N+](=O)[O-]. The maximum absolute atomic E-state index is 10.9. The second-order valence-corrected chi connectivity index (χ2v) is 6.21. The fraction of sp³-hybridized carbons (Fsp3) is 0.286. The van der Waals surface area contributed by atoms with Gasteiger partial charge in [-0.15, -0.1) is 0 Å². The maximum Gasteiger partial charge on any atom is 0.287 e. The molecule has 2 rings (SSSR count). The third-order valence-electron chi connectivity index (χ3n) is 4.24. The van der Waals surface area contributed by atoms with E-state index in [0.29, 0.717) is 31.5 Å². The van der Waals surface area contributed by atoms with Crippen molar-refractivity contribution in [2.24, 2.45) is 0 Å². The van der Waals surface area contributed by atoms with Crippen LogP contribution in [0.3, 0.4) is 0 Å². The molecular weight excluding hydrogens is 358 g/mol. The third kappa shape index (κ3) is 5.91. The molecular formula is C21H23N3O4. The number of rotatable bonds is 10. The third-order valence-corrected chi connectivity index (χ3v) is 4.24. The minimum atomic E-state index is -0.565. The van der Waals surface area contributed by atoms with Gasteiger partial charge in [-0.2, -0.15) is 5.26 Å². The van der Waals surface area contributed by atoms with E-state index in [0.717, 1.165) is 11.3 Å². The molecule has 2 N–H and O–H groups in total. The number of nitro benzene ring substituents is 1. The molecule has 0 heterocycles. The van der Waals surface area contributed by atoms with Crippen molar-refractivity contribution in [3.8, 4) is 6.07 Å². The molecule has 28 heavy (non-hydrogen) atoms. The Bertz CT molecular complexity index is 849. The van der Waals surface area contributed by atoms with Crippen LogP contribution in [0.4, 0.5) is 11.4 Å². The summed E-state index contributed by atoms with van der Waals surface area (Å²) in [4.78, 5) is 12.4. The van der Waals surface area contributed by atoms with E-state index >= 15 is 0 Å². The van der Waals surface area contributed by atoms with E-state index in [9.17, 15) is 10.1 Å². The van der Waals surface area contributed by atoms with Gasteiger partial charge in [-0.3, -0.25) is 10.1 Å². The summed E-state index contributed by atoms with van der Waals surface area (Å²) < 4.78 is 0. The van der Waals surface area contributed by atoms with E-state index in [1.54, 1.807) is 12.1 Å². The second-order valence-electron chi connectivity index (χ2n) is 6.21. The summed E-state index contributed by atoms with van der Waals surface area (Å²) >= 11 is 0. The van der Waals surface area contributed by atoms with Gasteiger partial charge in [0.25, 0.3) is 5.69 Å². The second kappa shape index (κ2) is 10.8. The Hall–Kier alpha value is -3.21. The van der Waals surface area contributed by atoms with Crippen molar-refractivity contribution in [3.05, 3.63) is 69.3 Å². The van der Waals surface area contributed by atoms with Crippen LogP contribution in [0.5, 0.6) is 0 Å². The largest absolute Gasteiger partial charge is 0.396 e. The highest BCUT2D eigenvalue weighted by atomic mass is 16.6. The van der Waals surface area contributed by atoms with Crippen molar-refractivity contribution in [1.82, 2.24) is 0 Å². The van der Waals surface area contributed by atoms with Gasteiger partial charge in [0.05, 0.1) is 4.92 Å². The van der Waals surface area contributed by atoms with E-state index in [1.807, 2.05) is 36.4 Å². The highest BCUT2D eigenvalue weighted by molar-refractivity contribution is 5.72. The van der Waals surface area contributed by atoms with Crippen LogP contribution in [0, 0.1) is 21.4 Å². The fourth-order valence-corrected chi connectivity index (χ4v) is 2.79. The minimum Gasteiger partial charge on any atom is -0.396 e. The van der Waals surface area contributed by atoms with Gasteiger partial charge >= 0.3 is 0 Å². The predicted molar refractivity (Wildman–Crippen MR) is 109 cm³/mol. The van der Waals surface area contributed by atoms with Crippen molar-refractivity contribution in [2.45, 2.75) is 12.8 Å². The standard InChI is InChI=1S/C21H23N3O4/c22-16-19-15-18(7-10-21(19)24(27)28)4-3-17-5-8-20(9-6-17)23(11-1-13-25)12-2-14-26/h3-10,15,25-26H,1-2,11-14H2. The van der Waals surface area contributed by atoms with Crippen molar-refractivity contribution < 1.29 is 15.1 Å². The van der Waals surface area contributed by atoms with Crippen molar-refractivity contribution in [1.29, 1.82) is 5.26 Å². The molecule has 0 spiro atoms. The molecule has 0 radical (unpaired) electrons. The van der Waals surface area contributed by atoms with Crippen molar-refractivity contribution >= 4 is 23.5 Å². The quantitative estimate of drug-likeness (QED) is 0.371. The highest BCUT2D eigenvalue weighted by Gasteiger charge is 2.12. The Kier molecular flexibility index (Phi) is 8.15. The van der Waals surface area contributed by atoms with Crippen LogP contribution in [-0.4, -0.2) is 41.4 Å². The highest BCUT2D eigenvalue weighted by Crippen LogP contribution is 2.21. The lowest BCUT2D eigenvalue weighted by molar-refractivity contribution is -0.385. The normalized spacial score (nSPS) is 10.8. The zero-order valence-electron chi connectivity index (χ0n) is 15.5. The molecule has 0 saturated heterocycles. The molecule has 0 aliphatic carbocycles. The van der Waals surface area contributed by atoms with Gasteiger partial charge in [0.1, 0.15) is 11.6 Å². The van der Waals surface area contributed by atoms with Crippen LogP contribution in [0.15, 0.2) is 42.5 Å². The molecule has 0 aliphatic rings. The number of aliphatic hydroxyl groups is 2. The summed E-state index contributed by atoms with van der Waals surface area (Å²) in [6, 6.07) is 14.1. The molecule has 0 aromatic heterocycles. The molecule has 0 bridgehead atoms. The number of hydrogen-bond donors (Lipinski definition) is 2. The predicted octanol–water partition coefficient (Wildman–Crippen LogP) is 3.21. The smallest absolute Gasteiger partial charge is 0.287 e. The first-order valence-electron chi connectivity index (χ1n) is 9.02. The molecule has 7 heteroatoms. The van der Waals surface area contributed by atoms with E-state index in [1.165, 1.54) is 12.1 Å². The first-order valence-corrected chi connectivity index (χ1v) is 9.02. The van der Waals surface area contributed by atoms with Gasteiger partial charge in [-0.25, -0.2) is 0 Å². The summed E-state index contributed by atoms with van der Waals surface area (Å²) in [5.74, 6) is 0. The molecule has 2 aromatic rings. The summed E-state index contributed by atoms with van der Waals surface area (Å²) in [6.45, 7) is 1.67. The van der Waals surface area contributed by atoms with Crippen molar-refractivity contribution in [2.75, 3.05) is 31.2 Å². The number of nitrogens with zero attached hydrogens (tertiary/aromatic N) is 3. The van der Waals surface area contributed by atoms with Gasteiger partial charge in [0.2, 0.25) is 0 Å². The molecule has 2 aromatic carbocycles. The average molecular weight is 381 g/mol. The Morgan fingerprint density at radius 2 is 1.57 bits per heavy atom. The molecule has 0 aliphatic heterocycles. The zero-order chi connectivity index (χ0) is 20.4. The van der Waals surface area contributed by atoms with Crippen LogP contribution < -0.4 is 4.90 Å². The monoisotopic (exact) mass is 381 g/mol. The Morgan fingerprint density at radius 3 is 2.11 bits per heavy atom. The molecule has 0 saturated carbocycles. The molecule has 0 fully saturated rings. The lowest BCUT2D eigenvalue weighted by atomic mass is 10.1. The summed E-state index contributed by atoms with van der Waals surface area (Å²) in [5, 5.41) is 38.1. The van der Waals surface area contributed by atoms with Crippen LogP contribution in [0.1, 0.15) is 29.5 Å². The van der Waals surface area contributed by atoms with Crippen LogP contribution in [0.25, 0.3) is 12.2 Å². The maximum atomic E-state index is 10.9. The Balaban J connectivity index is 2.12. The molecule has 7 nitrogen and oxygen atoms in total. The number of nitro groups is 1. The van der Waals surface area contributed by atoms with Crippen molar-refractivity contribution in [3.63, 3.8) is 0 Å². The van der Waals surface area contributed by atoms with E-state index in [-0.39, 0.29) is 24.5 Å². The van der Waals surface area contributed by atoms with E-state index in [4.69, 9.17) is 15.5 Å². The number of benzene rings is 2. The average Bonchev–Trinajstić information content (AvgIpc) is 2.72. The van der Waals surface area contributed by atoms with Crippen LogP contribution >= 0.6 is 0 Å². The molecule has 0 amide bonds. The lowest BCUT2D eigenvalue weighted by Gasteiger charge is -2.24. The van der Waals surface area contributed by atoms with Gasteiger partial charge < -0.3 is 15.1 Å². The molecule has 0 atom stereocenters. The topological polar surface area (TPSA) is 111 Å². The van der Waals surface area contributed by atoms with Gasteiger partial charge in [-0.05, 0) is 48.2 Å². The Morgan fingerprint density at radius 1 is 1.00 bits per heavy atom. The first-order chi connectivity index (χ1) is 13.6. The van der Waals surface area contributed by atoms with Crippen LogP contribution in [-0.2, 0) is 0 Å². The van der Waals surface area contributed by atoms with Gasteiger partial charge in [0.15, 0.2) is 0 Å². The summed E-state index contributed by atoms with van der Waals surface area (Å²) in [6.07, 6.45) is 5.00. The summed E-state index contributed by atoms with van der Waals surface area (Å²) in [5.41, 5.74) is 2.51. The van der Waals surface area contributed by atoms with E-state index in [2.05, 4.69) is 4.90 Å². The Labute approximate surface area is 163 Å². The molecule has 0 unspecified atom stereocenters. The summed E-state index contributed by atoms with van der Waals surface area (Å²) in [7, 11) is 0. The first kappa shape index (κ1) is 21.1. The van der Waals surface area contributed by atoms with Crippen LogP contribution in [0.2, 0.25) is 0 Å². The van der Waals surface area contributed by atoms with Gasteiger partial charge in [-0.1, -0.05) is 24.3 Å². The number of aliphatic hydroxyl groups excluding tert-OH is 2.